The molecule has 2 aromatic rings. The van der Waals surface area contributed by atoms with Gasteiger partial charge >= 0.3 is 0 Å². The van der Waals surface area contributed by atoms with Gasteiger partial charge in [0.2, 0.25) is 10.0 Å². The van der Waals surface area contributed by atoms with Crippen LogP contribution < -0.4 is 10.0 Å². The summed E-state index contributed by atoms with van der Waals surface area (Å²) in [5.74, 6) is -0.289. The zero-order valence-electron chi connectivity index (χ0n) is 13.6. The van der Waals surface area contributed by atoms with Crippen LogP contribution in [0.1, 0.15) is 21.5 Å². The van der Waals surface area contributed by atoms with Crippen LogP contribution in [0.4, 0.5) is 0 Å². The van der Waals surface area contributed by atoms with E-state index in [4.69, 9.17) is 0 Å². The number of rotatable bonds is 7. The van der Waals surface area contributed by atoms with Crippen LogP contribution in [0.5, 0.6) is 0 Å². The predicted octanol–water partition coefficient (Wildman–Crippen LogP) is 2.39. The van der Waals surface area contributed by atoms with Crippen LogP contribution in [-0.2, 0) is 22.3 Å². The largest absolute Gasteiger partial charge is 0.348 e. The van der Waals surface area contributed by atoms with E-state index in [1.165, 1.54) is 18.8 Å². The van der Waals surface area contributed by atoms with Crippen molar-refractivity contribution in [2.45, 2.75) is 17.2 Å². The highest BCUT2D eigenvalue weighted by Crippen LogP contribution is 2.20. The summed E-state index contributed by atoms with van der Waals surface area (Å²) in [6, 6.07) is 14.6. The van der Waals surface area contributed by atoms with Gasteiger partial charge in [0.05, 0.1) is 11.3 Å². The predicted molar refractivity (Wildman–Crippen MR) is 97.5 cm³/mol. The Bertz CT molecular complexity index is 820. The summed E-state index contributed by atoms with van der Waals surface area (Å²) in [6.07, 6.45) is 1.92. The van der Waals surface area contributed by atoms with Gasteiger partial charge in [-0.2, -0.15) is 0 Å². The van der Waals surface area contributed by atoms with Crippen molar-refractivity contribution in [3.05, 3.63) is 65.2 Å². The molecule has 0 spiro atoms. The van der Waals surface area contributed by atoms with Crippen molar-refractivity contribution in [2.24, 2.45) is 0 Å². The maximum absolute atomic E-state index is 12.4. The second-order valence-corrected chi connectivity index (χ2v) is 7.89. The minimum Gasteiger partial charge on any atom is -0.348 e. The van der Waals surface area contributed by atoms with E-state index < -0.39 is 10.0 Å². The van der Waals surface area contributed by atoms with Crippen molar-refractivity contribution in [3.8, 4) is 0 Å². The van der Waals surface area contributed by atoms with Gasteiger partial charge in [-0.3, -0.25) is 4.79 Å². The molecule has 0 unspecified atom stereocenters. The second-order valence-electron chi connectivity index (χ2n) is 5.11. The van der Waals surface area contributed by atoms with Gasteiger partial charge in [0.1, 0.15) is 0 Å². The van der Waals surface area contributed by atoms with Gasteiger partial charge in [0, 0.05) is 11.4 Å². The molecule has 0 saturated carbocycles. The smallest absolute Gasteiger partial charge is 0.252 e. The molecule has 0 aliphatic carbocycles. The van der Waals surface area contributed by atoms with Crippen molar-refractivity contribution in [2.75, 3.05) is 13.3 Å². The molecule has 0 fully saturated rings. The Kier molecular flexibility index (Phi) is 6.42. The fraction of sp³-hybridized carbons (Fsp3) is 0.235. The van der Waals surface area contributed by atoms with Crippen molar-refractivity contribution in [1.29, 1.82) is 0 Å². The molecule has 0 heterocycles. The highest BCUT2D eigenvalue weighted by atomic mass is 32.2. The van der Waals surface area contributed by atoms with E-state index in [1.54, 1.807) is 18.2 Å². The molecule has 0 aromatic heterocycles. The van der Waals surface area contributed by atoms with Crippen LogP contribution in [0.25, 0.3) is 0 Å². The normalized spacial score (nSPS) is 11.2. The molecule has 2 N–H and O–H groups in total. The fourth-order valence-electron chi connectivity index (χ4n) is 2.25. The van der Waals surface area contributed by atoms with Crippen LogP contribution in [0, 0.1) is 0 Å². The van der Waals surface area contributed by atoms with E-state index >= 15 is 0 Å². The van der Waals surface area contributed by atoms with E-state index in [1.807, 2.05) is 36.6 Å². The number of thioether (sulfide) groups is 1. The molecule has 0 radical (unpaired) electrons. The number of sulfonamides is 1. The molecule has 2 aromatic carbocycles. The van der Waals surface area contributed by atoms with E-state index in [0.717, 1.165) is 10.5 Å². The molecular weight excluding hydrogens is 344 g/mol. The van der Waals surface area contributed by atoms with Gasteiger partial charge in [-0.1, -0.05) is 36.4 Å². The molecule has 0 bridgehead atoms. The Labute approximate surface area is 146 Å². The number of hydrogen-bond donors (Lipinski definition) is 2. The third-order valence-corrected chi connectivity index (χ3v) is 5.67. The summed E-state index contributed by atoms with van der Waals surface area (Å²) in [6.45, 7) is 0.275. The topological polar surface area (TPSA) is 75.3 Å². The quantitative estimate of drug-likeness (QED) is 0.740. The van der Waals surface area contributed by atoms with Crippen LogP contribution in [0.15, 0.2) is 53.4 Å². The van der Waals surface area contributed by atoms with Crippen LogP contribution >= 0.6 is 11.8 Å². The lowest BCUT2D eigenvalue weighted by atomic mass is 10.1. The van der Waals surface area contributed by atoms with Crippen LogP contribution in [0.2, 0.25) is 0 Å². The Morgan fingerprint density at radius 2 is 1.67 bits per heavy atom. The van der Waals surface area contributed by atoms with Crippen LogP contribution in [0.3, 0.4) is 0 Å². The van der Waals surface area contributed by atoms with Gasteiger partial charge in [0.25, 0.3) is 5.91 Å². The van der Waals surface area contributed by atoms with E-state index in [0.29, 0.717) is 11.1 Å². The zero-order chi connectivity index (χ0) is 17.6. The standard InChI is InChI=1S/C17H20N2O3S2/c1-18-24(21,22)12-14-8-4-3-7-13(14)11-19-17(20)15-9-5-6-10-16(15)23-2/h3-10,18H,11-12H2,1-2H3,(H,19,20). The Balaban J connectivity index is 2.14. The molecule has 2 rings (SSSR count). The average molecular weight is 364 g/mol. The number of benzene rings is 2. The first kappa shape index (κ1) is 18.5. The minimum absolute atomic E-state index is 0.114. The minimum atomic E-state index is -3.36. The number of carbonyl (C=O) groups excluding carboxylic acids is 1. The lowest BCUT2D eigenvalue weighted by molar-refractivity contribution is 0.0948. The van der Waals surface area contributed by atoms with Crippen molar-refractivity contribution in [1.82, 2.24) is 10.0 Å². The molecule has 5 nitrogen and oxygen atoms in total. The number of amides is 1. The second kappa shape index (κ2) is 8.32. The summed E-state index contributed by atoms with van der Waals surface area (Å²) in [5, 5.41) is 2.87. The molecule has 1 amide bonds. The molecule has 0 aliphatic heterocycles. The maximum atomic E-state index is 12.4. The lowest BCUT2D eigenvalue weighted by Crippen LogP contribution is -2.25. The first-order valence-electron chi connectivity index (χ1n) is 7.36. The van der Waals surface area contributed by atoms with E-state index in [9.17, 15) is 13.2 Å². The van der Waals surface area contributed by atoms with Crippen molar-refractivity contribution < 1.29 is 13.2 Å². The molecule has 0 saturated heterocycles. The number of hydrogen-bond acceptors (Lipinski definition) is 4. The SMILES string of the molecule is CNS(=O)(=O)Cc1ccccc1CNC(=O)c1ccccc1SC. The molecular formula is C17H20N2O3S2. The summed E-state index contributed by atoms with van der Waals surface area (Å²) >= 11 is 1.51. The summed E-state index contributed by atoms with van der Waals surface area (Å²) in [4.78, 5) is 13.3. The monoisotopic (exact) mass is 364 g/mol. The third kappa shape index (κ3) is 4.83. The third-order valence-electron chi connectivity index (χ3n) is 3.57. The first-order chi connectivity index (χ1) is 11.5. The average Bonchev–Trinajstić information content (AvgIpc) is 2.60. The summed E-state index contributed by atoms with van der Waals surface area (Å²) in [5.41, 5.74) is 2.07. The molecule has 24 heavy (non-hydrogen) atoms. The molecule has 0 atom stereocenters. The lowest BCUT2D eigenvalue weighted by Gasteiger charge is -2.12. The fourth-order valence-corrected chi connectivity index (χ4v) is 3.68. The van der Waals surface area contributed by atoms with Crippen LogP contribution in [-0.4, -0.2) is 27.6 Å². The highest BCUT2D eigenvalue weighted by Gasteiger charge is 2.14. The number of carbonyl (C=O) groups is 1. The van der Waals surface area contributed by atoms with Gasteiger partial charge < -0.3 is 5.32 Å². The van der Waals surface area contributed by atoms with Crippen molar-refractivity contribution in [3.63, 3.8) is 0 Å². The van der Waals surface area contributed by atoms with Gasteiger partial charge in [-0.15, -0.1) is 11.8 Å². The Hall–Kier alpha value is -1.83. The first-order valence-corrected chi connectivity index (χ1v) is 10.2. The zero-order valence-corrected chi connectivity index (χ0v) is 15.2. The van der Waals surface area contributed by atoms with E-state index in [-0.39, 0.29) is 18.2 Å². The summed E-state index contributed by atoms with van der Waals surface area (Å²) < 4.78 is 25.8. The summed E-state index contributed by atoms with van der Waals surface area (Å²) in [7, 11) is -1.97. The van der Waals surface area contributed by atoms with Gasteiger partial charge in [0.15, 0.2) is 0 Å². The molecule has 128 valence electrons. The van der Waals surface area contributed by atoms with E-state index in [2.05, 4.69) is 10.0 Å². The number of nitrogens with one attached hydrogen (secondary N) is 2. The maximum Gasteiger partial charge on any atom is 0.252 e. The van der Waals surface area contributed by atoms with Gasteiger partial charge in [-0.25, -0.2) is 13.1 Å². The Morgan fingerprint density at radius 1 is 1.04 bits per heavy atom. The van der Waals surface area contributed by atoms with Crippen molar-refractivity contribution >= 4 is 27.7 Å². The molecule has 0 aliphatic rings. The molecule has 7 heteroatoms. The van der Waals surface area contributed by atoms with Gasteiger partial charge in [-0.05, 0) is 36.6 Å². The highest BCUT2D eigenvalue weighted by molar-refractivity contribution is 7.98. The Morgan fingerprint density at radius 3 is 2.33 bits per heavy atom.